The molecule has 0 bridgehead atoms. The Bertz CT molecular complexity index is 1600. The predicted molar refractivity (Wildman–Crippen MR) is 148 cm³/mol. The molecule has 5 rings (SSSR count). The number of aliphatic carboxylic acids is 1. The molecule has 0 saturated heterocycles. The molecule has 0 aliphatic heterocycles. The Labute approximate surface area is 227 Å². The number of fused-ring (bicyclic) bond motifs is 3. The van der Waals surface area contributed by atoms with Crippen molar-refractivity contribution in [2.24, 2.45) is 0 Å². The van der Waals surface area contributed by atoms with E-state index in [4.69, 9.17) is 4.74 Å². The lowest BCUT2D eigenvalue weighted by Gasteiger charge is -2.17. The van der Waals surface area contributed by atoms with Crippen LogP contribution in [-0.2, 0) is 25.8 Å². The van der Waals surface area contributed by atoms with Crippen LogP contribution in [0.5, 0.6) is 0 Å². The van der Waals surface area contributed by atoms with Gasteiger partial charge in [-0.3, -0.25) is 0 Å². The number of alkyl carbamates (subject to hydrolysis) is 1. The van der Waals surface area contributed by atoms with Gasteiger partial charge in [-0.05, 0) is 51.1 Å². The fourth-order valence-electron chi connectivity index (χ4n) is 4.96. The highest BCUT2D eigenvalue weighted by Crippen LogP contribution is 2.44. The number of benzene rings is 4. The first-order chi connectivity index (χ1) is 18.7. The maximum atomic E-state index is 12.6. The van der Waals surface area contributed by atoms with E-state index in [2.05, 4.69) is 5.32 Å². The number of carboxylic acid groups (broad SMARTS) is 1. The summed E-state index contributed by atoms with van der Waals surface area (Å²) >= 11 is 0. The zero-order chi connectivity index (χ0) is 27.6. The highest BCUT2D eigenvalue weighted by Gasteiger charge is 2.29. The molecule has 0 unspecified atom stereocenters. The van der Waals surface area contributed by atoms with Crippen molar-refractivity contribution in [1.82, 2.24) is 5.32 Å². The van der Waals surface area contributed by atoms with Crippen molar-refractivity contribution in [3.05, 3.63) is 114 Å². The Hall–Kier alpha value is -4.43. The Morgan fingerprint density at radius 2 is 1.46 bits per heavy atom. The van der Waals surface area contributed by atoms with Crippen LogP contribution in [0.2, 0.25) is 0 Å². The second kappa shape index (κ2) is 10.7. The molecule has 1 aliphatic carbocycles. The van der Waals surface area contributed by atoms with Crippen molar-refractivity contribution in [1.29, 1.82) is 0 Å². The van der Waals surface area contributed by atoms with Crippen molar-refractivity contribution in [3.63, 3.8) is 0 Å². The second-order valence-corrected chi connectivity index (χ2v) is 11.6. The molecule has 198 valence electrons. The summed E-state index contributed by atoms with van der Waals surface area (Å²) in [4.78, 5) is 24.8. The van der Waals surface area contributed by atoms with Crippen LogP contribution >= 0.6 is 0 Å². The second-order valence-electron chi connectivity index (χ2n) is 9.56. The maximum Gasteiger partial charge on any atom is 0.407 e. The van der Waals surface area contributed by atoms with E-state index in [1.807, 2.05) is 54.6 Å². The number of hydrogen-bond donors (Lipinski definition) is 2. The van der Waals surface area contributed by atoms with Crippen LogP contribution in [0.1, 0.15) is 22.6 Å². The van der Waals surface area contributed by atoms with E-state index in [0.717, 1.165) is 39.6 Å². The maximum absolute atomic E-state index is 12.6. The molecule has 1 amide bonds. The molecule has 0 spiro atoms. The van der Waals surface area contributed by atoms with Crippen molar-refractivity contribution in [2.75, 3.05) is 12.9 Å². The van der Waals surface area contributed by atoms with Gasteiger partial charge >= 0.3 is 12.1 Å². The highest BCUT2D eigenvalue weighted by molar-refractivity contribution is 7.90. The summed E-state index contributed by atoms with van der Waals surface area (Å²) < 4.78 is 29.3. The summed E-state index contributed by atoms with van der Waals surface area (Å²) in [5, 5.41) is 12.2. The molecule has 0 heterocycles. The third-order valence-corrected chi connectivity index (χ3v) is 8.03. The molecule has 1 atom stereocenters. The third-order valence-electron chi connectivity index (χ3n) is 6.92. The van der Waals surface area contributed by atoms with Crippen LogP contribution in [0, 0.1) is 0 Å². The standard InChI is InChI=1S/C31H27NO6S/c1-39(36,37)23-8-6-7-22(18-23)21-15-13-20(14-16-21)17-29(30(33)34)32-31(35)38-19-28-26-11-4-2-9-24(26)25-10-3-5-12-27(25)28/h2-16,18,28-29H,17,19H2,1H3,(H,32,35)(H,33,34)/t29-/m0/s1. The van der Waals surface area contributed by atoms with Gasteiger partial charge in [0.05, 0.1) is 4.90 Å². The molecule has 0 saturated carbocycles. The zero-order valence-electron chi connectivity index (χ0n) is 21.2. The molecule has 0 radical (unpaired) electrons. The predicted octanol–water partition coefficient (Wildman–Crippen LogP) is 5.29. The number of sulfone groups is 1. The number of amides is 1. The van der Waals surface area contributed by atoms with E-state index in [0.29, 0.717) is 5.56 Å². The molecule has 1 aliphatic rings. The van der Waals surface area contributed by atoms with Gasteiger partial charge in [0.15, 0.2) is 9.84 Å². The number of carbonyl (C=O) groups is 2. The number of hydrogen-bond acceptors (Lipinski definition) is 5. The Morgan fingerprint density at radius 1 is 0.846 bits per heavy atom. The molecule has 7 nitrogen and oxygen atoms in total. The van der Waals surface area contributed by atoms with Crippen molar-refractivity contribution in [3.8, 4) is 22.3 Å². The monoisotopic (exact) mass is 541 g/mol. The van der Waals surface area contributed by atoms with Gasteiger partial charge in [-0.15, -0.1) is 0 Å². The van der Waals surface area contributed by atoms with E-state index in [9.17, 15) is 23.1 Å². The van der Waals surface area contributed by atoms with Crippen LogP contribution < -0.4 is 5.32 Å². The van der Waals surface area contributed by atoms with E-state index < -0.39 is 27.9 Å². The first-order valence-electron chi connectivity index (χ1n) is 12.4. The lowest BCUT2D eigenvalue weighted by Crippen LogP contribution is -2.42. The summed E-state index contributed by atoms with van der Waals surface area (Å²) in [5.41, 5.74) is 6.59. The molecule has 0 fully saturated rings. The van der Waals surface area contributed by atoms with Crippen molar-refractivity contribution < 1.29 is 27.9 Å². The van der Waals surface area contributed by atoms with E-state index in [1.165, 1.54) is 0 Å². The van der Waals surface area contributed by atoms with Gasteiger partial charge in [-0.2, -0.15) is 0 Å². The van der Waals surface area contributed by atoms with Crippen LogP contribution in [0.4, 0.5) is 4.79 Å². The first-order valence-corrected chi connectivity index (χ1v) is 14.3. The van der Waals surface area contributed by atoms with Gasteiger partial charge in [-0.25, -0.2) is 18.0 Å². The number of carboxylic acids is 1. The van der Waals surface area contributed by atoms with Gasteiger partial charge < -0.3 is 15.2 Å². The Morgan fingerprint density at radius 3 is 2.05 bits per heavy atom. The quantitative estimate of drug-likeness (QED) is 0.314. The van der Waals surface area contributed by atoms with Crippen LogP contribution in [-0.4, -0.2) is 44.5 Å². The van der Waals surface area contributed by atoms with E-state index in [-0.39, 0.29) is 23.8 Å². The van der Waals surface area contributed by atoms with Crippen molar-refractivity contribution >= 4 is 21.9 Å². The van der Waals surface area contributed by atoms with Gasteiger partial charge in [0, 0.05) is 18.6 Å². The summed E-state index contributed by atoms with van der Waals surface area (Å²) in [5.74, 6) is -1.30. The Balaban J connectivity index is 1.23. The molecular weight excluding hydrogens is 514 g/mol. The molecular formula is C31H27NO6S. The highest BCUT2D eigenvalue weighted by atomic mass is 32.2. The van der Waals surface area contributed by atoms with Gasteiger partial charge in [0.2, 0.25) is 0 Å². The lowest BCUT2D eigenvalue weighted by molar-refractivity contribution is -0.139. The third kappa shape index (κ3) is 5.71. The lowest BCUT2D eigenvalue weighted by atomic mass is 9.98. The molecule has 4 aromatic rings. The zero-order valence-corrected chi connectivity index (χ0v) is 22.0. The first kappa shape index (κ1) is 26.2. The molecule has 39 heavy (non-hydrogen) atoms. The summed E-state index contributed by atoms with van der Waals surface area (Å²) in [7, 11) is -3.34. The number of carbonyl (C=O) groups excluding carboxylic acids is 1. The largest absolute Gasteiger partial charge is 0.480 e. The minimum atomic E-state index is -3.34. The number of ether oxygens (including phenoxy) is 1. The number of rotatable bonds is 8. The van der Waals surface area contributed by atoms with Gasteiger partial charge in [0.1, 0.15) is 12.6 Å². The smallest absolute Gasteiger partial charge is 0.407 e. The van der Waals surface area contributed by atoms with E-state index >= 15 is 0 Å². The van der Waals surface area contributed by atoms with E-state index in [1.54, 1.807) is 42.5 Å². The number of nitrogens with one attached hydrogen (secondary N) is 1. The molecule has 4 aromatic carbocycles. The molecule has 8 heteroatoms. The fraction of sp³-hybridized carbons (Fsp3) is 0.161. The Kier molecular flexibility index (Phi) is 7.21. The summed E-state index contributed by atoms with van der Waals surface area (Å²) in [6.45, 7) is 0.0907. The molecule has 2 N–H and O–H groups in total. The average molecular weight is 542 g/mol. The normalized spacial score (nSPS) is 13.3. The molecule has 0 aromatic heterocycles. The minimum absolute atomic E-state index is 0.0587. The van der Waals surface area contributed by atoms with Gasteiger partial charge in [0.25, 0.3) is 0 Å². The van der Waals surface area contributed by atoms with Crippen LogP contribution in [0.25, 0.3) is 22.3 Å². The van der Waals surface area contributed by atoms with Crippen LogP contribution in [0.15, 0.2) is 102 Å². The average Bonchev–Trinajstić information content (AvgIpc) is 3.25. The van der Waals surface area contributed by atoms with Crippen molar-refractivity contribution in [2.45, 2.75) is 23.3 Å². The summed E-state index contributed by atoms with van der Waals surface area (Å²) in [6.07, 6.45) is 0.423. The minimum Gasteiger partial charge on any atom is -0.480 e. The van der Waals surface area contributed by atoms with Gasteiger partial charge in [-0.1, -0.05) is 84.9 Å². The van der Waals surface area contributed by atoms with Crippen LogP contribution in [0.3, 0.4) is 0 Å². The topological polar surface area (TPSA) is 110 Å². The summed E-state index contributed by atoms with van der Waals surface area (Å²) in [6, 6.07) is 28.5. The fourth-order valence-corrected chi connectivity index (χ4v) is 5.62. The SMILES string of the molecule is CS(=O)(=O)c1cccc(-c2ccc(C[C@H](NC(=O)OCC3c4ccccc4-c4ccccc43)C(=O)O)cc2)c1.